The minimum atomic E-state index is 0.0441. The van der Waals surface area contributed by atoms with E-state index in [0.29, 0.717) is 19.7 Å². The van der Waals surface area contributed by atoms with E-state index in [4.69, 9.17) is 4.74 Å². The van der Waals surface area contributed by atoms with Crippen molar-refractivity contribution in [2.24, 2.45) is 0 Å². The molecule has 0 saturated carbocycles. The molecule has 1 aliphatic heterocycles. The highest BCUT2D eigenvalue weighted by Crippen LogP contribution is 2.21. The molecule has 0 N–H and O–H groups in total. The van der Waals surface area contributed by atoms with Gasteiger partial charge in [-0.2, -0.15) is 0 Å². The van der Waals surface area contributed by atoms with Crippen LogP contribution < -0.4 is 4.74 Å². The Morgan fingerprint density at radius 1 is 0.931 bits per heavy atom. The molecule has 0 bridgehead atoms. The van der Waals surface area contributed by atoms with Crippen molar-refractivity contribution in [2.45, 2.75) is 33.2 Å². The molecule has 2 aromatic rings. The SMILES string of the molecule is CCOc1ccccc1CN1CCN(C(=O)CCC(=O)c2ccccc2C)CC1. The fourth-order valence-corrected chi connectivity index (χ4v) is 3.73. The van der Waals surface area contributed by atoms with Crippen molar-refractivity contribution in [3.8, 4) is 5.75 Å². The summed E-state index contributed by atoms with van der Waals surface area (Å²) < 4.78 is 5.71. The zero-order valence-electron chi connectivity index (χ0n) is 17.4. The third kappa shape index (κ3) is 5.67. The molecule has 0 atom stereocenters. The minimum Gasteiger partial charge on any atom is -0.494 e. The van der Waals surface area contributed by atoms with Crippen LogP contribution in [-0.2, 0) is 11.3 Å². The summed E-state index contributed by atoms with van der Waals surface area (Å²) in [7, 11) is 0. The maximum Gasteiger partial charge on any atom is 0.223 e. The van der Waals surface area contributed by atoms with Crippen LogP contribution in [-0.4, -0.2) is 54.3 Å². The van der Waals surface area contributed by atoms with Gasteiger partial charge in [-0.1, -0.05) is 42.5 Å². The van der Waals surface area contributed by atoms with Crippen molar-refractivity contribution in [3.05, 3.63) is 65.2 Å². The third-order valence-corrected chi connectivity index (χ3v) is 5.40. The van der Waals surface area contributed by atoms with Gasteiger partial charge in [0.25, 0.3) is 0 Å². The van der Waals surface area contributed by atoms with Gasteiger partial charge in [0.15, 0.2) is 5.78 Å². The molecule has 1 aliphatic rings. The van der Waals surface area contributed by atoms with Crippen molar-refractivity contribution in [1.29, 1.82) is 0 Å². The van der Waals surface area contributed by atoms with Gasteiger partial charge in [0.1, 0.15) is 5.75 Å². The molecule has 5 nitrogen and oxygen atoms in total. The highest BCUT2D eigenvalue weighted by Gasteiger charge is 2.22. The lowest BCUT2D eigenvalue weighted by Crippen LogP contribution is -2.48. The Hall–Kier alpha value is -2.66. The van der Waals surface area contributed by atoms with E-state index in [1.165, 1.54) is 5.56 Å². The number of ether oxygens (including phenoxy) is 1. The number of ketones is 1. The lowest BCUT2D eigenvalue weighted by molar-refractivity contribution is -0.133. The monoisotopic (exact) mass is 394 g/mol. The van der Waals surface area contributed by atoms with Crippen LogP contribution >= 0.6 is 0 Å². The molecule has 3 rings (SSSR count). The van der Waals surface area contributed by atoms with Gasteiger partial charge in [0.05, 0.1) is 6.61 Å². The van der Waals surface area contributed by atoms with Crippen LogP contribution in [0.15, 0.2) is 48.5 Å². The first-order valence-electron chi connectivity index (χ1n) is 10.4. The van der Waals surface area contributed by atoms with E-state index in [0.717, 1.165) is 36.5 Å². The Balaban J connectivity index is 1.46. The summed E-state index contributed by atoms with van der Waals surface area (Å²) in [5, 5.41) is 0. The van der Waals surface area contributed by atoms with Crippen LogP contribution in [0, 0.1) is 6.92 Å². The first kappa shape index (κ1) is 21.1. The second-order valence-electron chi connectivity index (χ2n) is 7.44. The Morgan fingerprint density at radius 2 is 1.62 bits per heavy atom. The largest absolute Gasteiger partial charge is 0.494 e. The molecule has 154 valence electrons. The van der Waals surface area contributed by atoms with E-state index in [-0.39, 0.29) is 24.5 Å². The van der Waals surface area contributed by atoms with E-state index < -0.39 is 0 Å². The molecular weight excluding hydrogens is 364 g/mol. The van der Waals surface area contributed by atoms with Crippen molar-refractivity contribution in [1.82, 2.24) is 9.80 Å². The van der Waals surface area contributed by atoms with Gasteiger partial charge in [-0.3, -0.25) is 14.5 Å². The summed E-state index contributed by atoms with van der Waals surface area (Å²) in [5.41, 5.74) is 2.86. The predicted octanol–water partition coefficient (Wildman–Crippen LogP) is 3.70. The quantitative estimate of drug-likeness (QED) is 0.641. The number of rotatable bonds is 8. The summed E-state index contributed by atoms with van der Waals surface area (Å²) in [4.78, 5) is 29.2. The Kier molecular flexibility index (Phi) is 7.42. The van der Waals surface area contributed by atoms with E-state index in [2.05, 4.69) is 11.0 Å². The zero-order chi connectivity index (χ0) is 20.6. The molecule has 0 spiro atoms. The second kappa shape index (κ2) is 10.2. The normalized spacial score (nSPS) is 14.6. The molecule has 1 heterocycles. The fraction of sp³-hybridized carbons (Fsp3) is 0.417. The predicted molar refractivity (Wildman–Crippen MR) is 114 cm³/mol. The highest BCUT2D eigenvalue weighted by atomic mass is 16.5. The molecule has 2 aromatic carbocycles. The number of carbonyl (C=O) groups excluding carboxylic acids is 2. The summed E-state index contributed by atoms with van der Waals surface area (Å²) in [6.45, 7) is 8.46. The number of hydrogen-bond donors (Lipinski definition) is 0. The van der Waals surface area contributed by atoms with Gasteiger partial charge in [-0.15, -0.1) is 0 Å². The van der Waals surface area contributed by atoms with Gasteiger partial charge in [0.2, 0.25) is 5.91 Å². The first-order chi connectivity index (χ1) is 14.1. The zero-order valence-corrected chi connectivity index (χ0v) is 17.4. The van der Waals surface area contributed by atoms with Crippen molar-refractivity contribution in [2.75, 3.05) is 32.8 Å². The van der Waals surface area contributed by atoms with Crippen molar-refractivity contribution in [3.63, 3.8) is 0 Å². The summed E-state index contributed by atoms with van der Waals surface area (Å²) in [6.07, 6.45) is 0.548. The summed E-state index contributed by atoms with van der Waals surface area (Å²) in [6, 6.07) is 15.7. The Bertz CT molecular complexity index is 842. The number of carbonyl (C=O) groups is 2. The number of para-hydroxylation sites is 1. The van der Waals surface area contributed by atoms with E-state index in [1.54, 1.807) is 0 Å². The molecule has 29 heavy (non-hydrogen) atoms. The van der Waals surface area contributed by atoms with Gasteiger partial charge in [0, 0.05) is 56.7 Å². The van der Waals surface area contributed by atoms with Crippen LogP contribution in [0.25, 0.3) is 0 Å². The van der Waals surface area contributed by atoms with Crippen LogP contribution in [0.3, 0.4) is 0 Å². The van der Waals surface area contributed by atoms with Crippen LogP contribution in [0.2, 0.25) is 0 Å². The number of benzene rings is 2. The van der Waals surface area contributed by atoms with Gasteiger partial charge < -0.3 is 9.64 Å². The lowest BCUT2D eigenvalue weighted by Gasteiger charge is -2.35. The smallest absolute Gasteiger partial charge is 0.223 e. The highest BCUT2D eigenvalue weighted by molar-refractivity contribution is 5.99. The number of hydrogen-bond acceptors (Lipinski definition) is 4. The van der Waals surface area contributed by atoms with E-state index >= 15 is 0 Å². The molecule has 0 unspecified atom stereocenters. The molecule has 1 saturated heterocycles. The first-order valence-corrected chi connectivity index (χ1v) is 10.4. The van der Waals surface area contributed by atoms with Gasteiger partial charge in [-0.05, 0) is 25.5 Å². The van der Waals surface area contributed by atoms with Crippen molar-refractivity contribution >= 4 is 11.7 Å². The Labute approximate surface area is 173 Å². The molecule has 1 amide bonds. The van der Waals surface area contributed by atoms with Crippen molar-refractivity contribution < 1.29 is 14.3 Å². The standard InChI is InChI=1S/C24H30N2O3/c1-3-29-23-11-7-5-9-20(23)18-25-14-16-26(17-15-25)24(28)13-12-22(27)21-10-6-4-8-19(21)2/h4-11H,3,12-18H2,1-2H3. The fourth-order valence-electron chi connectivity index (χ4n) is 3.73. The molecule has 0 radical (unpaired) electrons. The molecule has 0 aromatic heterocycles. The van der Waals surface area contributed by atoms with Crippen LogP contribution in [0.4, 0.5) is 0 Å². The average molecular weight is 395 g/mol. The number of aryl methyl sites for hydroxylation is 1. The Morgan fingerprint density at radius 3 is 2.34 bits per heavy atom. The van der Waals surface area contributed by atoms with E-state index in [1.807, 2.05) is 61.2 Å². The second-order valence-corrected chi connectivity index (χ2v) is 7.44. The molecule has 0 aliphatic carbocycles. The maximum atomic E-state index is 12.6. The lowest BCUT2D eigenvalue weighted by atomic mass is 10.0. The maximum absolute atomic E-state index is 12.6. The molecular formula is C24H30N2O3. The average Bonchev–Trinajstić information content (AvgIpc) is 2.74. The van der Waals surface area contributed by atoms with Crippen LogP contribution in [0.1, 0.15) is 41.3 Å². The van der Waals surface area contributed by atoms with Gasteiger partial charge in [-0.25, -0.2) is 0 Å². The third-order valence-electron chi connectivity index (χ3n) is 5.40. The molecule has 1 fully saturated rings. The topological polar surface area (TPSA) is 49.9 Å². The minimum absolute atomic E-state index is 0.0441. The number of Topliss-reactive ketones (excluding diaryl/α,β-unsaturated/α-hetero) is 1. The number of amides is 1. The van der Waals surface area contributed by atoms with E-state index in [9.17, 15) is 9.59 Å². The summed E-state index contributed by atoms with van der Waals surface area (Å²) >= 11 is 0. The molecule has 5 heteroatoms. The summed E-state index contributed by atoms with van der Waals surface area (Å²) in [5.74, 6) is 1.05. The van der Waals surface area contributed by atoms with Crippen LogP contribution in [0.5, 0.6) is 5.75 Å². The number of piperazine rings is 1. The number of nitrogens with zero attached hydrogens (tertiary/aromatic N) is 2. The van der Waals surface area contributed by atoms with Gasteiger partial charge >= 0.3 is 0 Å².